The summed E-state index contributed by atoms with van der Waals surface area (Å²) in [6.45, 7) is 12.3. The maximum absolute atomic E-state index is 13.2. The Morgan fingerprint density at radius 2 is 1.58 bits per heavy atom. The number of carbonyl (C=O) groups excluding carboxylic acids is 3. The zero-order valence-electron chi connectivity index (χ0n) is 34.5. The Morgan fingerprint density at radius 3 is 2.22 bits per heavy atom. The first-order valence-electron chi connectivity index (χ1n) is 19.9. The fourth-order valence-electron chi connectivity index (χ4n) is 6.59. The van der Waals surface area contributed by atoms with E-state index in [1.807, 2.05) is 36.6 Å². The molecule has 1 fully saturated rings. The van der Waals surface area contributed by atoms with E-state index in [1.54, 1.807) is 31.4 Å². The van der Waals surface area contributed by atoms with Gasteiger partial charge in [-0.2, -0.15) is 0 Å². The standard InChI is InChI=1S/C45H56N6O7S/c1-32-41(19-20-42(53)48-32)51(4)43(54)40-18-13-36(29-33(40)30-52)46-22-6-24-55-25-7-26-56-27-8-28-57-38-14-9-34(10-15-38)45(2,3)35-11-16-39(17-12-35)58-31-37-21-23-47-44(49-37)50-59-5/h9-18,21,23,29-30,41,46H,1,6-8,19-20,22,24-28,31H2,2-5H3,(H,48,53)(H,47,49,50). The molecule has 13 nitrogen and oxygen atoms in total. The van der Waals surface area contributed by atoms with Gasteiger partial charge in [0.15, 0.2) is 6.29 Å². The lowest BCUT2D eigenvalue weighted by molar-refractivity contribution is -0.121. The van der Waals surface area contributed by atoms with Crippen LogP contribution in [-0.4, -0.2) is 91.9 Å². The largest absolute Gasteiger partial charge is 0.494 e. The highest BCUT2D eigenvalue weighted by Gasteiger charge is 2.29. The fraction of sp³-hybridized carbons (Fsp3) is 0.400. The Morgan fingerprint density at radius 1 is 0.932 bits per heavy atom. The minimum Gasteiger partial charge on any atom is -0.494 e. The molecule has 1 saturated heterocycles. The number of nitrogens with one attached hydrogen (secondary N) is 3. The van der Waals surface area contributed by atoms with Crippen molar-refractivity contribution in [1.82, 2.24) is 20.2 Å². The first kappa shape index (κ1) is 44.7. The van der Waals surface area contributed by atoms with Crippen LogP contribution in [0.4, 0.5) is 11.6 Å². The van der Waals surface area contributed by atoms with Crippen LogP contribution in [0.3, 0.4) is 0 Å². The molecule has 1 aromatic heterocycles. The molecule has 14 heteroatoms. The van der Waals surface area contributed by atoms with Crippen molar-refractivity contribution in [3.63, 3.8) is 0 Å². The molecule has 1 atom stereocenters. The van der Waals surface area contributed by atoms with Crippen molar-refractivity contribution >= 4 is 41.7 Å². The molecule has 3 aromatic carbocycles. The number of hydrogen-bond acceptors (Lipinski definition) is 12. The molecule has 0 bridgehead atoms. The molecule has 2 heterocycles. The summed E-state index contributed by atoms with van der Waals surface area (Å²) in [5, 5.41) is 5.99. The van der Waals surface area contributed by atoms with E-state index < -0.39 is 0 Å². The van der Waals surface area contributed by atoms with Gasteiger partial charge in [-0.1, -0.05) is 56.6 Å². The number of amides is 2. The summed E-state index contributed by atoms with van der Waals surface area (Å²) >= 11 is 1.45. The van der Waals surface area contributed by atoms with Crippen molar-refractivity contribution in [2.24, 2.45) is 0 Å². The lowest BCUT2D eigenvalue weighted by Gasteiger charge is -2.33. The Labute approximate surface area is 351 Å². The number of likely N-dealkylation sites (N-methyl/N-ethyl adjacent to an activating group) is 1. The van der Waals surface area contributed by atoms with Crippen LogP contribution in [0, 0.1) is 0 Å². The molecule has 0 saturated carbocycles. The molecule has 59 heavy (non-hydrogen) atoms. The minimum atomic E-state index is -0.322. The van der Waals surface area contributed by atoms with E-state index in [1.165, 1.54) is 28.0 Å². The van der Waals surface area contributed by atoms with Crippen molar-refractivity contribution in [2.45, 2.75) is 64.0 Å². The van der Waals surface area contributed by atoms with Gasteiger partial charge >= 0.3 is 0 Å². The molecule has 1 unspecified atom stereocenters. The van der Waals surface area contributed by atoms with E-state index in [2.05, 4.69) is 70.0 Å². The second kappa shape index (κ2) is 22.6. The predicted octanol–water partition coefficient (Wildman–Crippen LogP) is 7.44. The van der Waals surface area contributed by atoms with Crippen LogP contribution in [0.5, 0.6) is 11.5 Å². The molecule has 0 spiro atoms. The Hall–Kier alpha value is -5.44. The molecular weight excluding hydrogens is 769 g/mol. The van der Waals surface area contributed by atoms with Crippen LogP contribution in [0.15, 0.2) is 91.3 Å². The normalized spacial score (nSPS) is 14.0. The van der Waals surface area contributed by atoms with E-state index >= 15 is 0 Å². The summed E-state index contributed by atoms with van der Waals surface area (Å²) in [5.41, 5.74) is 4.81. The van der Waals surface area contributed by atoms with Gasteiger partial charge in [-0.3, -0.25) is 19.1 Å². The zero-order valence-corrected chi connectivity index (χ0v) is 35.3. The van der Waals surface area contributed by atoms with Crippen molar-refractivity contribution in [2.75, 3.05) is 62.9 Å². The lowest BCUT2D eigenvalue weighted by atomic mass is 9.78. The van der Waals surface area contributed by atoms with Crippen LogP contribution in [-0.2, 0) is 26.3 Å². The summed E-state index contributed by atoms with van der Waals surface area (Å²) < 4.78 is 26.5. The van der Waals surface area contributed by atoms with Crippen LogP contribution >= 0.6 is 11.9 Å². The van der Waals surface area contributed by atoms with Crippen LogP contribution in [0.25, 0.3) is 0 Å². The van der Waals surface area contributed by atoms with Gasteiger partial charge < -0.3 is 34.5 Å². The first-order valence-corrected chi connectivity index (χ1v) is 21.1. The second-order valence-electron chi connectivity index (χ2n) is 14.7. The molecule has 4 aromatic rings. The van der Waals surface area contributed by atoms with Crippen molar-refractivity contribution in [3.8, 4) is 11.5 Å². The fourth-order valence-corrected chi connectivity index (χ4v) is 6.87. The SMILES string of the molecule is C=C1NC(=O)CCC1N(C)C(=O)c1ccc(NCCCOCCCOCCCOc2ccc(C(C)(C)c3ccc(OCc4ccnc(NSC)n4)cc3)cc2)cc1C=O. The Balaban J connectivity index is 0.898. The monoisotopic (exact) mass is 824 g/mol. The summed E-state index contributed by atoms with van der Waals surface area (Å²) in [4.78, 5) is 46.8. The smallest absolute Gasteiger partial charge is 0.254 e. The van der Waals surface area contributed by atoms with Gasteiger partial charge in [-0.15, -0.1) is 0 Å². The van der Waals surface area contributed by atoms with E-state index in [0.29, 0.717) is 88.1 Å². The van der Waals surface area contributed by atoms with E-state index in [-0.39, 0.29) is 23.3 Å². The van der Waals surface area contributed by atoms with Crippen LogP contribution in [0.1, 0.15) is 83.5 Å². The van der Waals surface area contributed by atoms with Crippen molar-refractivity contribution < 1.29 is 33.3 Å². The second-order valence-corrected chi connectivity index (χ2v) is 15.3. The highest BCUT2D eigenvalue weighted by molar-refractivity contribution is 7.99. The number of aromatic nitrogens is 2. The number of piperidine rings is 1. The van der Waals surface area contributed by atoms with E-state index in [9.17, 15) is 14.4 Å². The molecule has 2 amide bonds. The zero-order chi connectivity index (χ0) is 42.0. The van der Waals surface area contributed by atoms with Crippen molar-refractivity contribution in [3.05, 3.63) is 119 Å². The number of rotatable bonds is 24. The molecule has 314 valence electrons. The average molecular weight is 825 g/mol. The predicted molar refractivity (Wildman–Crippen MR) is 232 cm³/mol. The summed E-state index contributed by atoms with van der Waals surface area (Å²) in [6, 6.07) is 23.1. The molecule has 3 N–H and O–H groups in total. The molecule has 0 aliphatic carbocycles. The van der Waals surface area contributed by atoms with Gasteiger partial charge in [-0.25, -0.2) is 9.97 Å². The molecule has 0 radical (unpaired) electrons. The number of carbonyl (C=O) groups is 3. The number of anilines is 2. The summed E-state index contributed by atoms with van der Waals surface area (Å²) in [6.07, 6.45) is 7.50. The van der Waals surface area contributed by atoms with Gasteiger partial charge in [0.1, 0.15) is 18.1 Å². The van der Waals surface area contributed by atoms with Gasteiger partial charge in [0.25, 0.3) is 5.91 Å². The number of ether oxygens (including phenoxy) is 4. The van der Waals surface area contributed by atoms with Gasteiger partial charge in [0, 0.05) is 87.7 Å². The molecular formula is C45H56N6O7S. The van der Waals surface area contributed by atoms with Gasteiger partial charge in [0.05, 0.1) is 23.9 Å². The van der Waals surface area contributed by atoms with Crippen molar-refractivity contribution in [1.29, 1.82) is 0 Å². The van der Waals surface area contributed by atoms with E-state index in [0.717, 1.165) is 42.1 Å². The molecule has 1 aliphatic rings. The Kier molecular flexibility index (Phi) is 17.1. The van der Waals surface area contributed by atoms with Crippen LogP contribution in [0.2, 0.25) is 0 Å². The number of benzene rings is 3. The van der Waals surface area contributed by atoms with Crippen LogP contribution < -0.4 is 24.8 Å². The third-order valence-corrected chi connectivity index (χ3v) is 10.4. The minimum absolute atomic E-state index is 0.106. The maximum Gasteiger partial charge on any atom is 0.254 e. The number of aldehydes is 1. The summed E-state index contributed by atoms with van der Waals surface area (Å²) in [7, 11) is 1.66. The highest BCUT2D eigenvalue weighted by Crippen LogP contribution is 2.33. The lowest BCUT2D eigenvalue weighted by Crippen LogP contribution is -2.46. The number of hydrogen-bond donors (Lipinski definition) is 3. The molecule has 1 aliphatic heterocycles. The number of nitrogens with zero attached hydrogens (tertiary/aromatic N) is 3. The van der Waals surface area contributed by atoms with E-state index in [4.69, 9.17) is 18.9 Å². The maximum atomic E-state index is 13.2. The van der Waals surface area contributed by atoms with Gasteiger partial charge in [0.2, 0.25) is 11.9 Å². The third kappa shape index (κ3) is 13.3. The average Bonchev–Trinajstić information content (AvgIpc) is 3.24. The third-order valence-electron chi connectivity index (χ3n) is 10.1. The quantitative estimate of drug-likeness (QED) is 0.0366. The first-order chi connectivity index (χ1) is 28.6. The topological polar surface area (TPSA) is 153 Å². The highest BCUT2D eigenvalue weighted by atomic mass is 32.2. The van der Waals surface area contributed by atoms with Gasteiger partial charge in [-0.05, 0) is 78.9 Å². The molecule has 5 rings (SSSR count). The summed E-state index contributed by atoms with van der Waals surface area (Å²) in [5.74, 6) is 1.78. The Bertz CT molecular complexity index is 1990.